The average molecular weight is 141 g/mol. The van der Waals surface area contributed by atoms with Gasteiger partial charge in [0.15, 0.2) is 0 Å². The minimum atomic E-state index is -0.0665. The first-order chi connectivity index (χ1) is 4.35. The molecule has 0 aliphatic carbocycles. The van der Waals surface area contributed by atoms with E-state index in [9.17, 15) is 0 Å². The topological polar surface area (TPSA) is 0 Å². The molecule has 0 fully saturated rings. The molecule has 0 aromatic rings. The summed E-state index contributed by atoms with van der Waals surface area (Å²) in [4.78, 5) is 0. The van der Waals surface area contributed by atoms with Crippen molar-refractivity contribution in [2.24, 2.45) is 0 Å². The molecule has 0 N–H and O–H groups in total. The van der Waals surface area contributed by atoms with Crippen molar-refractivity contribution in [3.8, 4) is 0 Å². The van der Waals surface area contributed by atoms with Crippen molar-refractivity contribution in [3.63, 3.8) is 0 Å². The molecule has 9 heavy (non-hydrogen) atoms. The maximum Gasteiger partial charge on any atom is 0.0748 e. The van der Waals surface area contributed by atoms with Crippen LogP contribution < -0.4 is 0 Å². The van der Waals surface area contributed by atoms with Gasteiger partial charge in [-0.25, -0.2) is 0 Å². The zero-order chi connectivity index (χ0) is 7.11. The summed E-state index contributed by atoms with van der Waals surface area (Å²) in [5.41, 5.74) is 2.44. The summed E-state index contributed by atoms with van der Waals surface area (Å²) in [6.07, 6.45) is 3.51. The molecule has 53 valence electrons. The van der Waals surface area contributed by atoms with Crippen molar-refractivity contribution < 1.29 is 0 Å². The van der Waals surface area contributed by atoms with Crippen LogP contribution in [0, 0.1) is 0 Å². The Labute approximate surface area is 60.6 Å². The monoisotopic (exact) mass is 141 g/mol. The van der Waals surface area contributed by atoms with Gasteiger partial charge >= 0.3 is 0 Å². The molecule has 0 nitrogen and oxygen atoms in total. The number of hydrogen-bond acceptors (Lipinski definition) is 0. The largest absolute Gasteiger partial charge is 0.100 e. The van der Waals surface area contributed by atoms with E-state index >= 15 is 0 Å². The number of hydrogen-bond donors (Lipinski definition) is 0. The Balaban J connectivity index is 3.41. The Morgan fingerprint density at radius 2 is 1.67 bits per heavy atom. The van der Waals surface area contributed by atoms with Gasteiger partial charge in [-0.15, -0.1) is 5.70 Å². The lowest BCUT2D eigenvalue weighted by molar-refractivity contribution is 1.22. The molecule has 0 saturated heterocycles. The second kappa shape index (κ2) is 6.08. The Morgan fingerprint density at radius 3 is 2.00 bits per heavy atom. The maximum absolute atomic E-state index is 2.44. The van der Waals surface area contributed by atoms with Crippen LogP contribution in [0.25, 0.3) is 0 Å². The zero-order valence-electron chi connectivity index (χ0n) is 6.78. The SMILES string of the molecule is CC/C=C/[Si](CC)CC. The predicted molar refractivity (Wildman–Crippen MR) is 46.1 cm³/mol. The molecule has 1 radical (unpaired) electrons. The Hall–Kier alpha value is -0.0431. The second-order valence-corrected chi connectivity index (χ2v) is 5.24. The van der Waals surface area contributed by atoms with E-state index in [-0.39, 0.29) is 8.80 Å². The van der Waals surface area contributed by atoms with Crippen molar-refractivity contribution in [1.29, 1.82) is 0 Å². The fraction of sp³-hybridized carbons (Fsp3) is 0.750. The third-order valence-corrected chi connectivity index (χ3v) is 4.02. The molecule has 0 saturated carbocycles. The summed E-state index contributed by atoms with van der Waals surface area (Å²) in [6, 6.07) is 2.77. The van der Waals surface area contributed by atoms with Crippen LogP contribution in [0.1, 0.15) is 27.2 Å². The van der Waals surface area contributed by atoms with Gasteiger partial charge in [0, 0.05) is 0 Å². The van der Waals surface area contributed by atoms with E-state index in [2.05, 4.69) is 32.5 Å². The van der Waals surface area contributed by atoms with Crippen molar-refractivity contribution >= 4 is 8.80 Å². The second-order valence-electron chi connectivity index (χ2n) is 2.18. The van der Waals surface area contributed by atoms with Crippen LogP contribution in [-0.4, -0.2) is 8.80 Å². The summed E-state index contributed by atoms with van der Waals surface area (Å²) in [7, 11) is -0.0665. The van der Waals surface area contributed by atoms with E-state index in [1.807, 2.05) is 0 Å². The molecule has 0 bridgehead atoms. The lowest BCUT2D eigenvalue weighted by atomic mass is 10.5. The maximum atomic E-state index is 2.44. The van der Waals surface area contributed by atoms with Crippen LogP contribution in [0.5, 0.6) is 0 Å². The normalized spacial score (nSPS) is 11.6. The van der Waals surface area contributed by atoms with E-state index in [1.54, 1.807) is 0 Å². The Morgan fingerprint density at radius 1 is 1.11 bits per heavy atom. The first-order valence-electron chi connectivity index (χ1n) is 3.86. The van der Waals surface area contributed by atoms with Gasteiger partial charge in [0.25, 0.3) is 0 Å². The van der Waals surface area contributed by atoms with Crippen LogP contribution in [-0.2, 0) is 0 Å². The molecule has 1 heteroatoms. The summed E-state index contributed by atoms with van der Waals surface area (Å²) in [5.74, 6) is 0. The van der Waals surface area contributed by atoms with E-state index in [1.165, 1.54) is 18.5 Å². The lowest BCUT2D eigenvalue weighted by Crippen LogP contribution is -2.03. The molecule has 0 aromatic carbocycles. The highest BCUT2D eigenvalue weighted by molar-refractivity contribution is 6.64. The fourth-order valence-electron chi connectivity index (χ4n) is 0.770. The summed E-state index contributed by atoms with van der Waals surface area (Å²) in [6.45, 7) is 6.77. The van der Waals surface area contributed by atoms with E-state index in [0.717, 1.165) is 0 Å². The molecule has 0 spiro atoms. The minimum Gasteiger partial charge on any atom is -0.100 e. The van der Waals surface area contributed by atoms with Gasteiger partial charge in [-0.1, -0.05) is 38.9 Å². The highest BCUT2D eigenvalue weighted by Crippen LogP contribution is 1.99. The predicted octanol–water partition coefficient (Wildman–Crippen LogP) is 3.03. The summed E-state index contributed by atoms with van der Waals surface area (Å²) in [5, 5.41) is 0. The van der Waals surface area contributed by atoms with Crippen LogP contribution in [0.15, 0.2) is 11.8 Å². The molecule has 0 aliphatic rings. The first-order valence-corrected chi connectivity index (χ1v) is 5.85. The van der Waals surface area contributed by atoms with Gasteiger partial charge < -0.3 is 0 Å². The molecule has 0 aliphatic heterocycles. The number of allylic oxidation sites excluding steroid dienone is 1. The molecule has 0 unspecified atom stereocenters. The number of rotatable bonds is 4. The van der Waals surface area contributed by atoms with Crippen molar-refractivity contribution in [1.82, 2.24) is 0 Å². The Kier molecular flexibility index (Phi) is 6.05. The van der Waals surface area contributed by atoms with Gasteiger partial charge in [-0.05, 0) is 6.42 Å². The highest BCUT2D eigenvalue weighted by Gasteiger charge is 1.97. The average Bonchev–Trinajstić information content (AvgIpc) is 1.91. The minimum absolute atomic E-state index is 0.0665. The smallest absolute Gasteiger partial charge is 0.0748 e. The van der Waals surface area contributed by atoms with E-state index in [0.29, 0.717) is 0 Å². The molecule has 0 rings (SSSR count). The van der Waals surface area contributed by atoms with Crippen LogP contribution in [0.2, 0.25) is 12.1 Å². The molecular weight excluding hydrogens is 124 g/mol. The molecule has 0 atom stereocenters. The zero-order valence-corrected chi connectivity index (χ0v) is 7.78. The van der Waals surface area contributed by atoms with Crippen molar-refractivity contribution in [2.45, 2.75) is 39.3 Å². The van der Waals surface area contributed by atoms with Gasteiger partial charge in [-0.2, -0.15) is 0 Å². The lowest BCUT2D eigenvalue weighted by Gasteiger charge is -2.00. The van der Waals surface area contributed by atoms with Gasteiger partial charge in [0.1, 0.15) is 0 Å². The summed E-state index contributed by atoms with van der Waals surface area (Å²) < 4.78 is 0. The van der Waals surface area contributed by atoms with Gasteiger partial charge in [0.2, 0.25) is 0 Å². The first kappa shape index (κ1) is 8.96. The van der Waals surface area contributed by atoms with E-state index in [4.69, 9.17) is 0 Å². The molecule has 0 amide bonds. The van der Waals surface area contributed by atoms with Crippen LogP contribution >= 0.6 is 0 Å². The standard InChI is InChI=1S/C8H17Si/c1-4-7-8-9(5-2)6-3/h7-8H,4-6H2,1-3H3/b8-7+. The van der Waals surface area contributed by atoms with Gasteiger partial charge in [0.05, 0.1) is 8.80 Å². The van der Waals surface area contributed by atoms with E-state index < -0.39 is 0 Å². The summed E-state index contributed by atoms with van der Waals surface area (Å²) >= 11 is 0. The highest BCUT2D eigenvalue weighted by atomic mass is 28.3. The van der Waals surface area contributed by atoms with Crippen LogP contribution in [0.4, 0.5) is 0 Å². The Bertz CT molecular complexity index is 72.6. The molecule has 0 heterocycles. The molecular formula is C8H17Si. The third-order valence-electron chi connectivity index (χ3n) is 1.50. The molecule has 0 aromatic heterocycles. The van der Waals surface area contributed by atoms with Crippen molar-refractivity contribution in [2.75, 3.05) is 0 Å². The van der Waals surface area contributed by atoms with Crippen LogP contribution in [0.3, 0.4) is 0 Å². The third kappa shape index (κ3) is 4.46. The fourth-order valence-corrected chi connectivity index (χ4v) is 2.31. The van der Waals surface area contributed by atoms with Gasteiger partial charge in [-0.3, -0.25) is 0 Å². The van der Waals surface area contributed by atoms with Crippen molar-refractivity contribution in [3.05, 3.63) is 11.8 Å². The quantitative estimate of drug-likeness (QED) is 0.528.